The summed E-state index contributed by atoms with van der Waals surface area (Å²) in [6, 6.07) is 8.54. The first-order valence-electron chi connectivity index (χ1n) is 13.8. The van der Waals surface area contributed by atoms with Crippen molar-refractivity contribution in [3.05, 3.63) is 24.3 Å². The maximum Gasteiger partial charge on any atom is 0.233 e. The van der Waals surface area contributed by atoms with Gasteiger partial charge in [-0.1, -0.05) is 25.0 Å². The molecule has 1 radical (unpaired) electrons. The topological polar surface area (TPSA) is 56.8 Å². The Bertz CT molecular complexity index is 1100. The molecule has 0 N–H and O–H groups in total. The van der Waals surface area contributed by atoms with Crippen molar-refractivity contribution in [1.82, 2.24) is 14.2 Å². The van der Waals surface area contributed by atoms with Crippen LogP contribution in [0.25, 0.3) is 10.1 Å². The van der Waals surface area contributed by atoms with E-state index in [4.69, 9.17) is 4.37 Å². The molecule has 6 atom stereocenters. The minimum absolute atomic E-state index is 0. The Balaban J connectivity index is 0.00000240. The predicted octanol–water partition coefficient (Wildman–Crippen LogP) is 4.25. The molecule has 2 aromatic rings. The Kier molecular flexibility index (Phi) is 7.30. The zero-order chi connectivity index (χ0) is 23.5. The van der Waals surface area contributed by atoms with Gasteiger partial charge in [0.25, 0.3) is 0 Å². The average Bonchev–Trinajstić information content (AvgIpc) is 3.66. The third-order valence-electron chi connectivity index (χ3n) is 10.0. The molecule has 2 aliphatic heterocycles. The van der Waals surface area contributed by atoms with Crippen LogP contribution in [0.2, 0.25) is 0 Å². The summed E-state index contributed by atoms with van der Waals surface area (Å²) < 4.78 is 6.02. The Hall–Kier alpha value is -0.886. The fourth-order valence-electron chi connectivity index (χ4n) is 8.22. The molecule has 3 heterocycles. The van der Waals surface area contributed by atoms with Crippen LogP contribution in [0.3, 0.4) is 0 Å². The number of nitrogens with zero attached hydrogens (tertiary/aromatic N) is 4. The van der Waals surface area contributed by atoms with Crippen molar-refractivity contribution < 1.29 is 42.3 Å². The number of amides is 2. The largest absolute Gasteiger partial charge is 0.353 e. The van der Waals surface area contributed by atoms with Crippen molar-refractivity contribution in [2.75, 3.05) is 44.2 Å². The van der Waals surface area contributed by atoms with Crippen molar-refractivity contribution in [2.45, 2.75) is 44.9 Å². The van der Waals surface area contributed by atoms with Crippen LogP contribution in [0.4, 0.5) is 5.82 Å². The van der Waals surface area contributed by atoms with E-state index in [1.165, 1.54) is 29.3 Å². The van der Waals surface area contributed by atoms with Crippen LogP contribution in [0.1, 0.15) is 44.9 Å². The van der Waals surface area contributed by atoms with Gasteiger partial charge in [-0.3, -0.25) is 19.4 Å². The number of hydrogen-bond donors (Lipinski definition) is 0. The maximum atomic E-state index is 13.3. The van der Waals surface area contributed by atoms with E-state index < -0.39 is 0 Å². The third-order valence-corrected chi connectivity index (χ3v) is 10.8. The smallest absolute Gasteiger partial charge is 0.233 e. The van der Waals surface area contributed by atoms with Crippen LogP contribution >= 0.6 is 11.5 Å². The fraction of sp³-hybridized carbons (Fsp3) is 0.679. The summed E-state index contributed by atoms with van der Waals surface area (Å²) in [5.41, 5.74) is 0. The first kappa shape index (κ1) is 25.4. The molecule has 36 heavy (non-hydrogen) atoms. The molecular formula is C28H36N4O2SY. The number of anilines is 1. The summed E-state index contributed by atoms with van der Waals surface area (Å²) in [6.45, 7) is 5.93. The van der Waals surface area contributed by atoms with Crippen LogP contribution in [0.5, 0.6) is 0 Å². The number of piperazine rings is 1. The van der Waals surface area contributed by atoms with E-state index in [2.05, 4.69) is 34.1 Å². The van der Waals surface area contributed by atoms with Gasteiger partial charge in [-0.05, 0) is 79.4 Å². The third kappa shape index (κ3) is 4.30. The summed E-state index contributed by atoms with van der Waals surface area (Å²) in [4.78, 5) is 33.4. The standard InChI is InChI=1S/C28H36N4O2S.Y/c33-27-24-18-9-10-19(15-18)25(24)28(34)32(27)17-21-6-2-1-5-20(21)16-30-11-13-31(14-12-30)26-22-7-3-4-8-23(22)35-29-26;/h3-4,7-8,18-21,24-25H,1-2,5-6,9-17H2;/t18?,19?,20-,21?,24?,25?;/m0./s1. The SMILES string of the molecule is O=C1C2C3CCC(C3)C2C(=O)N1CC1CCCC[C@H]1CN1CCN(c2nsc3ccccc23)CC1.[Y]. The first-order valence-corrected chi connectivity index (χ1v) is 14.6. The van der Waals surface area contributed by atoms with E-state index in [9.17, 15) is 9.59 Å². The molecule has 1 aromatic carbocycles. The zero-order valence-electron chi connectivity index (χ0n) is 21.1. The van der Waals surface area contributed by atoms with Crippen LogP contribution < -0.4 is 4.90 Å². The second kappa shape index (κ2) is 10.4. The number of likely N-dealkylation sites (tertiary alicyclic amines) is 1. The second-order valence-corrected chi connectivity index (χ2v) is 12.6. The van der Waals surface area contributed by atoms with Crippen LogP contribution in [-0.4, -0.2) is 65.3 Å². The van der Waals surface area contributed by atoms with Gasteiger partial charge in [0.1, 0.15) is 5.82 Å². The Morgan fingerprint density at radius 2 is 1.47 bits per heavy atom. The fourth-order valence-corrected chi connectivity index (χ4v) is 9.02. The molecule has 189 valence electrons. The summed E-state index contributed by atoms with van der Waals surface area (Å²) in [6.07, 6.45) is 8.35. The molecule has 0 spiro atoms. The van der Waals surface area contributed by atoms with Gasteiger partial charge in [0.2, 0.25) is 11.8 Å². The molecular weight excluding hydrogens is 545 g/mol. The van der Waals surface area contributed by atoms with Crippen molar-refractivity contribution in [2.24, 2.45) is 35.5 Å². The molecule has 1 aromatic heterocycles. The average molecular weight is 582 g/mol. The van der Waals surface area contributed by atoms with Gasteiger partial charge in [-0.2, -0.15) is 4.37 Å². The van der Waals surface area contributed by atoms with E-state index in [-0.39, 0.29) is 56.4 Å². The van der Waals surface area contributed by atoms with Crippen molar-refractivity contribution in [1.29, 1.82) is 0 Å². The molecule has 2 amide bonds. The molecule has 2 saturated heterocycles. The minimum atomic E-state index is 0. The van der Waals surface area contributed by atoms with Crippen molar-refractivity contribution in [3.8, 4) is 0 Å². The van der Waals surface area contributed by atoms with E-state index in [1.807, 2.05) is 0 Å². The summed E-state index contributed by atoms with van der Waals surface area (Å²) in [5.74, 6) is 3.59. The number of aromatic nitrogens is 1. The molecule has 2 bridgehead atoms. The summed E-state index contributed by atoms with van der Waals surface area (Å²) >= 11 is 1.60. The monoisotopic (exact) mass is 581 g/mol. The van der Waals surface area contributed by atoms with Gasteiger partial charge >= 0.3 is 0 Å². The molecule has 6 nitrogen and oxygen atoms in total. The second-order valence-electron chi connectivity index (χ2n) is 11.8. The molecule has 5 fully saturated rings. The first-order chi connectivity index (χ1) is 17.2. The van der Waals surface area contributed by atoms with E-state index in [0.717, 1.165) is 64.2 Å². The molecule has 7 rings (SSSR count). The quantitative estimate of drug-likeness (QED) is 0.495. The minimum Gasteiger partial charge on any atom is -0.353 e. The number of carbonyl (C=O) groups excluding carboxylic acids is 2. The van der Waals surface area contributed by atoms with E-state index >= 15 is 0 Å². The number of imide groups is 1. The number of carbonyl (C=O) groups is 2. The number of benzene rings is 1. The summed E-state index contributed by atoms with van der Waals surface area (Å²) in [5, 5.41) is 1.27. The number of hydrogen-bond acceptors (Lipinski definition) is 6. The maximum absolute atomic E-state index is 13.3. The van der Waals surface area contributed by atoms with Crippen LogP contribution in [0, 0.1) is 35.5 Å². The van der Waals surface area contributed by atoms with Gasteiger partial charge in [0.15, 0.2) is 0 Å². The summed E-state index contributed by atoms with van der Waals surface area (Å²) in [7, 11) is 0. The van der Waals surface area contributed by atoms with E-state index in [0.29, 0.717) is 30.2 Å². The van der Waals surface area contributed by atoms with Crippen molar-refractivity contribution >= 4 is 39.3 Å². The van der Waals surface area contributed by atoms with Gasteiger partial charge in [-0.15, -0.1) is 0 Å². The Labute approximate surface area is 243 Å². The molecule has 8 heteroatoms. The van der Waals surface area contributed by atoms with E-state index in [1.54, 1.807) is 16.4 Å². The van der Waals surface area contributed by atoms with Crippen LogP contribution in [-0.2, 0) is 42.3 Å². The number of rotatable bonds is 5. The molecule has 3 saturated carbocycles. The Morgan fingerprint density at radius 3 is 2.17 bits per heavy atom. The Morgan fingerprint density at radius 1 is 0.833 bits per heavy atom. The van der Waals surface area contributed by atoms with Crippen LogP contribution in [0.15, 0.2) is 24.3 Å². The molecule has 5 unspecified atom stereocenters. The molecule has 3 aliphatic carbocycles. The number of fused-ring (bicyclic) bond motifs is 6. The predicted molar refractivity (Wildman–Crippen MR) is 138 cm³/mol. The van der Waals surface area contributed by atoms with Gasteiger partial charge < -0.3 is 4.90 Å². The van der Waals surface area contributed by atoms with Crippen molar-refractivity contribution in [3.63, 3.8) is 0 Å². The zero-order valence-corrected chi connectivity index (χ0v) is 24.7. The molecule has 5 aliphatic rings. The normalized spacial score (nSPS) is 34.4. The van der Waals surface area contributed by atoms with Gasteiger partial charge in [0, 0.05) is 77.4 Å². The van der Waals surface area contributed by atoms with Gasteiger partial charge in [0.05, 0.1) is 16.5 Å². The van der Waals surface area contributed by atoms with Gasteiger partial charge in [-0.25, -0.2) is 0 Å².